The summed E-state index contributed by atoms with van der Waals surface area (Å²) in [4.78, 5) is 0. The Morgan fingerprint density at radius 1 is 1.22 bits per heavy atom. The maximum atomic E-state index is 14.1. The predicted octanol–water partition coefficient (Wildman–Crippen LogP) is 4.66. The molecule has 2 N–H and O–H groups in total. The van der Waals surface area contributed by atoms with Gasteiger partial charge in [-0.25, -0.2) is 4.39 Å². The first-order valence-corrected chi connectivity index (χ1v) is 7.03. The SMILES string of the molecule is CCCCC(CC)C(N)c1c(C)cc(C)cc1F. The summed E-state index contributed by atoms with van der Waals surface area (Å²) >= 11 is 0. The minimum Gasteiger partial charge on any atom is -0.324 e. The molecule has 0 spiro atoms. The molecule has 1 rings (SSSR count). The number of hydrogen-bond acceptors (Lipinski definition) is 1. The molecule has 0 aliphatic carbocycles. The van der Waals surface area contributed by atoms with Crippen molar-refractivity contribution in [3.05, 3.63) is 34.6 Å². The molecule has 1 nitrogen and oxygen atoms in total. The fraction of sp³-hybridized carbons (Fsp3) is 0.625. The van der Waals surface area contributed by atoms with Crippen LogP contribution < -0.4 is 5.73 Å². The third kappa shape index (κ3) is 3.55. The average Bonchev–Trinajstić information content (AvgIpc) is 2.28. The highest BCUT2D eigenvalue weighted by Gasteiger charge is 2.22. The van der Waals surface area contributed by atoms with Crippen molar-refractivity contribution in [2.24, 2.45) is 11.7 Å². The highest BCUT2D eigenvalue weighted by molar-refractivity contribution is 5.34. The van der Waals surface area contributed by atoms with E-state index in [0.29, 0.717) is 11.5 Å². The van der Waals surface area contributed by atoms with Crippen LogP contribution in [0.25, 0.3) is 0 Å². The molecule has 0 saturated carbocycles. The van der Waals surface area contributed by atoms with Gasteiger partial charge in [0.15, 0.2) is 0 Å². The monoisotopic (exact) mass is 251 g/mol. The molecule has 0 amide bonds. The number of nitrogens with two attached hydrogens (primary N) is 1. The number of rotatable bonds is 6. The van der Waals surface area contributed by atoms with Crippen molar-refractivity contribution in [1.29, 1.82) is 0 Å². The Morgan fingerprint density at radius 2 is 1.89 bits per heavy atom. The molecule has 0 radical (unpaired) electrons. The lowest BCUT2D eigenvalue weighted by atomic mass is 9.85. The molecule has 0 saturated heterocycles. The fourth-order valence-electron chi connectivity index (χ4n) is 2.69. The van der Waals surface area contributed by atoms with E-state index >= 15 is 0 Å². The Morgan fingerprint density at radius 3 is 2.39 bits per heavy atom. The van der Waals surface area contributed by atoms with Crippen LogP contribution in [0.15, 0.2) is 12.1 Å². The topological polar surface area (TPSA) is 26.0 Å². The van der Waals surface area contributed by atoms with Gasteiger partial charge in [0.05, 0.1) is 0 Å². The van der Waals surface area contributed by atoms with Crippen LogP contribution in [0.1, 0.15) is 62.3 Å². The zero-order chi connectivity index (χ0) is 13.7. The van der Waals surface area contributed by atoms with Gasteiger partial charge in [-0.1, -0.05) is 39.2 Å². The highest BCUT2D eigenvalue weighted by atomic mass is 19.1. The fourth-order valence-corrected chi connectivity index (χ4v) is 2.69. The zero-order valence-electron chi connectivity index (χ0n) is 12.1. The van der Waals surface area contributed by atoms with Crippen LogP contribution >= 0.6 is 0 Å². The van der Waals surface area contributed by atoms with E-state index in [2.05, 4.69) is 13.8 Å². The summed E-state index contributed by atoms with van der Waals surface area (Å²) in [6.07, 6.45) is 4.42. The Balaban J connectivity index is 2.97. The van der Waals surface area contributed by atoms with E-state index in [-0.39, 0.29) is 11.9 Å². The number of unbranched alkanes of at least 4 members (excludes halogenated alkanes) is 1. The smallest absolute Gasteiger partial charge is 0.128 e. The lowest BCUT2D eigenvalue weighted by Crippen LogP contribution is -2.23. The Bertz CT molecular complexity index is 364. The van der Waals surface area contributed by atoms with Crippen molar-refractivity contribution in [2.45, 2.75) is 59.4 Å². The largest absolute Gasteiger partial charge is 0.324 e. The summed E-state index contributed by atoms with van der Waals surface area (Å²) in [6.45, 7) is 8.19. The van der Waals surface area contributed by atoms with Crippen LogP contribution in [-0.4, -0.2) is 0 Å². The van der Waals surface area contributed by atoms with Gasteiger partial charge in [-0.05, 0) is 43.4 Å². The first-order valence-electron chi connectivity index (χ1n) is 7.03. The second-order valence-corrected chi connectivity index (χ2v) is 5.31. The number of aryl methyl sites for hydroxylation is 2. The summed E-state index contributed by atoms with van der Waals surface area (Å²) in [7, 11) is 0. The minimum atomic E-state index is -0.179. The Kier molecular flexibility index (Phi) is 5.80. The minimum absolute atomic E-state index is 0.144. The van der Waals surface area contributed by atoms with Gasteiger partial charge < -0.3 is 5.73 Å². The summed E-state index contributed by atoms with van der Waals surface area (Å²) in [5.41, 5.74) is 8.96. The van der Waals surface area contributed by atoms with Crippen molar-refractivity contribution in [3.8, 4) is 0 Å². The molecule has 0 aliphatic rings. The van der Waals surface area contributed by atoms with E-state index in [9.17, 15) is 4.39 Å². The molecule has 2 heteroatoms. The van der Waals surface area contributed by atoms with E-state index in [1.54, 1.807) is 6.07 Å². The standard InChI is InChI=1S/C16H26FN/c1-5-7-8-13(6-2)16(18)15-12(4)9-11(3)10-14(15)17/h9-10,13,16H,5-8,18H2,1-4H3. The quantitative estimate of drug-likeness (QED) is 0.782. The molecule has 0 aliphatic heterocycles. The lowest BCUT2D eigenvalue weighted by molar-refractivity contribution is 0.368. The molecule has 2 atom stereocenters. The first kappa shape index (κ1) is 15.2. The summed E-state index contributed by atoms with van der Waals surface area (Å²) < 4.78 is 14.1. The van der Waals surface area contributed by atoms with Crippen LogP contribution in [0.4, 0.5) is 4.39 Å². The molecule has 102 valence electrons. The third-order valence-electron chi connectivity index (χ3n) is 3.77. The van der Waals surface area contributed by atoms with Crippen LogP contribution in [0, 0.1) is 25.6 Å². The molecule has 1 aromatic carbocycles. The highest BCUT2D eigenvalue weighted by Crippen LogP contribution is 2.31. The maximum absolute atomic E-state index is 14.1. The van der Waals surface area contributed by atoms with Crippen LogP contribution in [-0.2, 0) is 0 Å². The van der Waals surface area contributed by atoms with E-state index in [0.717, 1.165) is 24.0 Å². The zero-order valence-corrected chi connectivity index (χ0v) is 12.1. The molecular formula is C16H26FN. The molecule has 0 heterocycles. The van der Waals surface area contributed by atoms with Gasteiger partial charge in [0.1, 0.15) is 5.82 Å². The Labute approximate surface area is 111 Å². The van der Waals surface area contributed by atoms with Crippen LogP contribution in [0.3, 0.4) is 0 Å². The number of hydrogen-bond donors (Lipinski definition) is 1. The van der Waals surface area contributed by atoms with Crippen molar-refractivity contribution in [3.63, 3.8) is 0 Å². The molecule has 1 aromatic rings. The second kappa shape index (κ2) is 6.89. The summed E-state index contributed by atoms with van der Waals surface area (Å²) in [6, 6.07) is 3.43. The van der Waals surface area contributed by atoms with E-state index in [1.807, 2.05) is 19.9 Å². The number of benzene rings is 1. The molecule has 0 aromatic heterocycles. The maximum Gasteiger partial charge on any atom is 0.128 e. The molecule has 0 fully saturated rings. The van der Waals surface area contributed by atoms with Gasteiger partial charge >= 0.3 is 0 Å². The van der Waals surface area contributed by atoms with Gasteiger partial charge in [0, 0.05) is 11.6 Å². The van der Waals surface area contributed by atoms with Crippen molar-refractivity contribution >= 4 is 0 Å². The van der Waals surface area contributed by atoms with Crippen molar-refractivity contribution in [1.82, 2.24) is 0 Å². The summed E-state index contributed by atoms with van der Waals surface area (Å²) in [5.74, 6) is 0.232. The van der Waals surface area contributed by atoms with Gasteiger partial charge in [0.25, 0.3) is 0 Å². The van der Waals surface area contributed by atoms with Gasteiger partial charge in [-0.15, -0.1) is 0 Å². The van der Waals surface area contributed by atoms with E-state index < -0.39 is 0 Å². The van der Waals surface area contributed by atoms with Crippen LogP contribution in [0.2, 0.25) is 0 Å². The van der Waals surface area contributed by atoms with Gasteiger partial charge in [0.2, 0.25) is 0 Å². The number of halogens is 1. The molecular weight excluding hydrogens is 225 g/mol. The normalized spacial score (nSPS) is 14.6. The summed E-state index contributed by atoms with van der Waals surface area (Å²) in [5, 5.41) is 0. The molecule has 2 unspecified atom stereocenters. The second-order valence-electron chi connectivity index (χ2n) is 5.31. The predicted molar refractivity (Wildman–Crippen MR) is 76.1 cm³/mol. The lowest BCUT2D eigenvalue weighted by Gasteiger charge is -2.25. The van der Waals surface area contributed by atoms with E-state index in [1.165, 1.54) is 12.8 Å². The third-order valence-corrected chi connectivity index (χ3v) is 3.77. The van der Waals surface area contributed by atoms with Gasteiger partial charge in [-0.3, -0.25) is 0 Å². The van der Waals surface area contributed by atoms with Crippen molar-refractivity contribution in [2.75, 3.05) is 0 Å². The van der Waals surface area contributed by atoms with Crippen LogP contribution in [0.5, 0.6) is 0 Å². The van der Waals surface area contributed by atoms with Crippen molar-refractivity contribution < 1.29 is 4.39 Å². The Hall–Kier alpha value is -0.890. The average molecular weight is 251 g/mol. The first-order chi connectivity index (χ1) is 8.51. The van der Waals surface area contributed by atoms with Gasteiger partial charge in [-0.2, -0.15) is 0 Å². The van der Waals surface area contributed by atoms with E-state index in [4.69, 9.17) is 5.73 Å². The molecule has 0 bridgehead atoms. The molecule has 18 heavy (non-hydrogen) atoms.